The van der Waals surface area contributed by atoms with Crippen LogP contribution >= 0.6 is 0 Å². The fourth-order valence-electron chi connectivity index (χ4n) is 1.74. The Bertz CT molecular complexity index is 586. The van der Waals surface area contributed by atoms with Gasteiger partial charge in [-0.15, -0.1) is 0 Å². The van der Waals surface area contributed by atoms with E-state index in [1.807, 2.05) is 24.3 Å². The molecule has 0 atom stereocenters. The summed E-state index contributed by atoms with van der Waals surface area (Å²) in [6, 6.07) is 12.8. The molecule has 0 amide bonds. The van der Waals surface area contributed by atoms with Gasteiger partial charge in [-0.3, -0.25) is 4.99 Å². The van der Waals surface area contributed by atoms with E-state index in [-0.39, 0.29) is 11.5 Å². The summed E-state index contributed by atoms with van der Waals surface area (Å²) in [5.41, 5.74) is 2.57. The second-order valence-electron chi connectivity index (χ2n) is 4.72. The number of hydrogen-bond donors (Lipinski definition) is 2. The highest BCUT2D eigenvalue weighted by atomic mass is 16.3. The Hall–Kier alpha value is -2.29. The molecule has 0 aliphatic carbocycles. The van der Waals surface area contributed by atoms with Gasteiger partial charge < -0.3 is 10.2 Å². The maximum absolute atomic E-state index is 9.65. The Kier molecular flexibility index (Phi) is 3.85. The summed E-state index contributed by atoms with van der Waals surface area (Å²) in [7, 11) is 0. The van der Waals surface area contributed by atoms with E-state index in [2.05, 4.69) is 18.8 Å². The molecule has 2 aromatic carbocycles. The Morgan fingerprint density at radius 2 is 1.68 bits per heavy atom. The average Bonchev–Trinajstić information content (AvgIpc) is 2.41. The molecule has 0 heterocycles. The van der Waals surface area contributed by atoms with Gasteiger partial charge >= 0.3 is 0 Å². The lowest BCUT2D eigenvalue weighted by Gasteiger charge is -2.04. The second kappa shape index (κ2) is 5.57. The maximum atomic E-state index is 9.65. The van der Waals surface area contributed by atoms with Crippen LogP contribution in [0.1, 0.15) is 30.9 Å². The molecule has 98 valence electrons. The molecule has 0 saturated carbocycles. The first kappa shape index (κ1) is 13.1. The highest BCUT2D eigenvalue weighted by molar-refractivity contribution is 5.86. The lowest BCUT2D eigenvalue weighted by molar-refractivity contribution is 0.403. The molecule has 2 rings (SSSR count). The lowest BCUT2D eigenvalue weighted by atomic mass is 10.0. The number of rotatable bonds is 3. The molecular weight excluding hydrogens is 238 g/mol. The molecule has 0 fully saturated rings. The van der Waals surface area contributed by atoms with Gasteiger partial charge in [0.1, 0.15) is 0 Å². The van der Waals surface area contributed by atoms with Crippen LogP contribution in [0, 0.1) is 0 Å². The van der Waals surface area contributed by atoms with Crippen LogP contribution in [0.25, 0.3) is 0 Å². The molecule has 2 aromatic rings. The zero-order valence-electron chi connectivity index (χ0n) is 11.0. The number of nitrogens with zero attached hydrogens (tertiary/aromatic N) is 1. The third-order valence-corrected chi connectivity index (χ3v) is 2.96. The molecule has 0 aliphatic rings. The summed E-state index contributed by atoms with van der Waals surface area (Å²) in [6.07, 6.45) is 1.54. The van der Waals surface area contributed by atoms with E-state index in [1.165, 1.54) is 11.6 Å². The third-order valence-electron chi connectivity index (χ3n) is 2.96. The van der Waals surface area contributed by atoms with Gasteiger partial charge in [0.2, 0.25) is 0 Å². The van der Waals surface area contributed by atoms with E-state index in [1.54, 1.807) is 18.3 Å². The highest BCUT2D eigenvalue weighted by Crippen LogP contribution is 2.27. The van der Waals surface area contributed by atoms with Gasteiger partial charge in [0.25, 0.3) is 0 Å². The first-order chi connectivity index (χ1) is 9.08. The zero-order chi connectivity index (χ0) is 13.8. The monoisotopic (exact) mass is 255 g/mol. The number of para-hydroxylation sites is 1. The molecule has 0 aromatic heterocycles. The molecule has 2 N–H and O–H groups in total. The molecular formula is C16H17NO2. The highest BCUT2D eigenvalue weighted by Gasteiger charge is 2.03. The number of aromatic hydroxyl groups is 2. The van der Waals surface area contributed by atoms with Crippen molar-refractivity contribution in [3.05, 3.63) is 53.6 Å². The van der Waals surface area contributed by atoms with E-state index in [4.69, 9.17) is 0 Å². The van der Waals surface area contributed by atoms with Crippen LogP contribution in [0.15, 0.2) is 47.5 Å². The van der Waals surface area contributed by atoms with E-state index in [9.17, 15) is 10.2 Å². The van der Waals surface area contributed by atoms with Crippen molar-refractivity contribution in [2.45, 2.75) is 19.8 Å². The summed E-state index contributed by atoms with van der Waals surface area (Å²) in [5.74, 6) is 0.206. The minimum Gasteiger partial charge on any atom is -0.504 e. The molecule has 0 unspecified atom stereocenters. The second-order valence-corrected chi connectivity index (χ2v) is 4.72. The van der Waals surface area contributed by atoms with E-state index in [0.29, 0.717) is 11.5 Å². The topological polar surface area (TPSA) is 52.8 Å². The lowest BCUT2D eigenvalue weighted by Crippen LogP contribution is -1.85. The van der Waals surface area contributed by atoms with E-state index < -0.39 is 0 Å². The number of benzene rings is 2. The van der Waals surface area contributed by atoms with Crippen LogP contribution in [0.4, 0.5) is 5.69 Å². The largest absolute Gasteiger partial charge is 0.504 e. The van der Waals surface area contributed by atoms with Crippen molar-refractivity contribution >= 4 is 11.9 Å². The normalized spacial score (nSPS) is 11.3. The first-order valence-corrected chi connectivity index (χ1v) is 6.23. The fraction of sp³-hybridized carbons (Fsp3) is 0.188. The van der Waals surface area contributed by atoms with Crippen molar-refractivity contribution in [3.8, 4) is 11.5 Å². The van der Waals surface area contributed by atoms with Crippen molar-refractivity contribution in [2.24, 2.45) is 4.99 Å². The fourth-order valence-corrected chi connectivity index (χ4v) is 1.74. The summed E-state index contributed by atoms with van der Waals surface area (Å²) < 4.78 is 0. The predicted molar refractivity (Wildman–Crippen MR) is 77.6 cm³/mol. The molecule has 0 aliphatic heterocycles. The van der Waals surface area contributed by atoms with Crippen molar-refractivity contribution in [2.75, 3.05) is 0 Å². The van der Waals surface area contributed by atoms with Crippen LogP contribution in [-0.2, 0) is 0 Å². The number of hydrogen-bond acceptors (Lipinski definition) is 3. The van der Waals surface area contributed by atoms with Crippen LogP contribution < -0.4 is 0 Å². The number of phenols is 2. The molecule has 0 spiro atoms. The zero-order valence-corrected chi connectivity index (χ0v) is 11.0. The third kappa shape index (κ3) is 3.13. The number of aliphatic imine (C=N–C) groups is 1. The van der Waals surface area contributed by atoms with Gasteiger partial charge in [-0.1, -0.05) is 32.0 Å². The van der Waals surface area contributed by atoms with Crippen molar-refractivity contribution in [1.29, 1.82) is 0 Å². The Labute approximate surface area is 112 Å². The standard InChI is InChI=1S/C16H17NO2/c1-11(2)12-6-8-14(9-7-12)17-10-13-4-3-5-15(18)16(13)19/h3-11,18-19H,1-2H3. The van der Waals surface area contributed by atoms with Crippen molar-refractivity contribution in [1.82, 2.24) is 0 Å². The van der Waals surface area contributed by atoms with Gasteiger partial charge in [-0.25, -0.2) is 0 Å². The Morgan fingerprint density at radius 3 is 2.32 bits per heavy atom. The summed E-state index contributed by atoms with van der Waals surface area (Å²) in [5, 5.41) is 19.0. The summed E-state index contributed by atoms with van der Waals surface area (Å²) >= 11 is 0. The van der Waals surface area contributed by atoms with Gasteiger partial charge in [0.15, 0.2) is 11.5 Å². The first-order valence-electron chi connectivity index (χ1n) is 6.23. The quantitative estimate of drug-likeness (QED) is 0.644. The SMILES string of the molecule is CC(C)c1ccc(N=Cc2cccc(O)c2O)cc1. The summed E-state index contributed by atoms with van der Waals surface area (Å²) in [4.78, 5) is 4.28. The van der Waals surface area contributed by atoms with E-state index in [0.717, 1.165) is 5.69 Å². The molecule has 0 saturated heterocycles. The van der Waals surface area contributed by atoms with Gasteiger partial charge in [0, 0.05) is 11.8 Å². The van der Waals surface area contributed by atoms with Crippen LogP contribution in [0.2, 0.25) is 0 Å². The van der Waals surface area contributed by atoms with Crippen LogP contribution in [0.5, 0.6) is 11.5 Å². The van der Waals surface area contributed by atoms with Gasteiger partial charge in [0.05, 0.1) is 5.69 Å². The van der Waals surface area contributed by atoms with Gasteiger partial charge in [-0.05, 0) is 35.7 Å². The van der Waals surface area contributed by atoms with Crippen molar-refractivity contribution < 1.29 is 10.2 Å². The Balaban J connectivity index is 2.20. The minimum atomic E-state index is -0.148. The van der Waals surface area contributed by atoms with Gasteiger partial charge in [-0.2, -0.15) is 0 Å². The molecule has 3 nitrogen and oxygen atoms in total. The molecule has 0 radical (unpaired) electrons. The summed E-state index contributed by atoms with van der Waals surface area (Å²) in [6.45, 7) is 4.28. The Morgan fingerprint density at radius 1 is 1.00 bits per heavy atom. The maximum Gasteiger partial charge on any atom is 0.166 e. The van der Waals surface area contributed by atoms with Crippen LogP contribution in [0.3, 0.4) is 0 Å². The van der Waals surface area contributed by atoms with E-state index >= 15 is 0 Å². The average molecular weight is 255 g/mol. The van der Waals surface area contributed by atoms with Crippen LogP contribution in [-0.4, -0.2) is 16.4 Å². The molecule has 3 heteroatoms. The molecule has 0 bridgehead atoms. The molecule has 19 heavy (non-hydrogen) atoms. The van der Waals surface area contributed by atoms with Crippen molar-refractivity contribution in [3.63, 3.8) is 0 Å². The predicted octanol–water partition coefficient (Wildman–Crippen LogP) is 3.97. The number of phenolic OH excluding ortho intramolecular Hbond substituents is 2. The minimum absolute atomic E-state index is 0.140. The smallest absolute Gasteiger partial charge is 0.166 e.